The summed E-state index contributed by atoms with van der Waals surface area (Å²) in [4.78, 5) is 31.7. The summed E-state index contributed by atoms with van der Waals surface area (Å²) in [7, 11) is 0. The molecule has 0 saturated carbocycles. The average molecular weight is 729 g/mol. The fraction of sp³-hybridized carbons (Fsp3) is 0.378. The summed E-state index contributed by atoms with van der Waals surface area (Å²) in [6, 6.07) is 28.0. The number of benzene rings is 4. The van der Waals surface area contributed by atoms with Crippen LogP contribution in [0.3, 0.4) is 0 Å². The summed E-state index contributed by atoms with van der Waals surface area (Å²) >= 11 is 0. The normalized spacial score (nSPS) is 21.5. The van der Waals surface area contributed by atoms with Crippen molar-refractivity contribution in [1.82, 2.24) is 15.1 Å². The predicted molar refractivity (Wildman–Crippen MR) is 208 cm³/mol. The van der Waals surface area contributed by atoms with E-state index in [1.807, 2.05) is 12.1 Å². The molecule has 3 heterocycles. The monoisotopic (exact) mass is 728 g/mol. The molecule has 0 aromatic heterocycles. The maximum absolute atomic E-state index is 15.9. The van der Waals surface area contributed by atoms with Gasteiger partial charge in [-0.05, 0) is 116 Å². The maximum atomic E-state index is 15.9. The Balaban J connectivity index is 0.785. The van der Waals surface area contributed by atoms with Crippen LogP contribution in [0.2, 0.25) is 0 Å². The van der Waals surface area contributed by atoms with Crippen molar-refractivity contribution in [1.29, 1.82) is 0 Å². The average Bonchev–Trinajstić information content (AvgIpc) is 3.53. The molecule has 0 spiro atoms. The van der Waals surface area contributed by atoms with Gasteiger partial charge in [-0.25, -0.2) is 4.39 Å². The molecule has 4 aromatic carbocycles. The lowest BCUT2D eigenvalue weighted by Gasteiger charge is -2.36. The standard InChI is InChI=1S/C45H49FN4O4/c1-30-10-20-41(44(52)47-30)50-29-39-38(45(50)53)19-21-40(43(39)46)49-25-23-48(24-26-49)22-6-3-7-27-54-35-15-11-32(12-16-35)42-36(31-8-4-2-5-9-31)17-13-33-28-34(51)14-18-37(33)42/h2,4-5,8-9,11-12,14-16,18-19,21,28,36,41-42,51H,1,3,6-7,10,13,17,20,22-27,29H2,(H,47,52)/t36-,41?,42+/m1/s1. The highest BCUT2D eigenvalue weighted by Crippen LogP contribution is 2.47. The van der Waals surface area contributed by atoms with Crippen molar-refractivity contribution < 1.29 is 23.8 Å². The number of hydrogen-bond acceptors (Lipinski definition) is 6. The molecule has 2 fully saturated rings. The van der Waals surface area contributed by atoms with E-state index in [0.717, 1.165) is 70.6 Å². The lowest BCUT2D eigenvalue weighted by atomic mass is 9.69. The molecule has 2 saturated heterocycles. The Hall–Kier alpha value is -5.15. The van der Waals surface area contributed by atoms with Crippen LogP contribution >= 0.6 is 0 Å². The number of aromatic hydroxyl groups is 1. The molecule has 8 nitrogen and oxygen atoms in total. The Labute approximate surface area is 317 Å². The van der Waals surface area contributed by atoms with Crippen LogP contribution < -0.4 is 15.0 Å². The molecule has 2 amide bonds. The number of aryl methyl sites for hydroxylation is 1. The van der Waals surface area contributed by atoms with Crippen LogP contribution in [0.15, 0.2) is 97.2 Å². The van der Waals surface area contributed by atoms with Crippen molar-refractivity contribution in [3.8, 4) is 11.5 Å². The van der Waals surface area contributed by atoms with Crippen molar-refractivity contribution in [3.63, 3.8) is 0 Å². The fourth-order valence-corrected chi connectivity index (χ4v) is 8.98. The number of nitrogens with zero attached hydrogens (tertiary/aromatic N) is 3. The molecule has 1 aliphatic carbocycles. The number of nitrogens with one attached hydrogen (secondary N) is 1. The van der Waals surface area contributed by atoms with Gasteiger partial charge in [-0.3, -0.25) is 14.5 Å². The molecule has 4 aromatic rings. The summed E-state index contributed by atoms with van der Waals surface area (Å²) < 4.78 is 22.0. The zero-order chi connectivity index (χ0) is 37.2. The second kappa shape index (κ2) is 15.7. The van der Waals surface area contributed by atoms with E-state index in [1.54, 1.807) is 12.1 Å². The van der Waals surface area contributed by atoms with Crippen LogP contribution in [0.1, 0.15) is 88.5 Å². The van der Waals surface area contributed by atoms with Gasteiger partial charge in [0.1, 0.15) is 17.5 Å². The topological polar surface area (TPSA) is 85.4 Å². The van der Waals surface area contributed by atoms with E-state index >= 15 is 4.39 Å². The number of carbonyl (C=O) groups excluding carboxylic acids is 2. The van der Waals surface area contributed by atoms with E-state index in [9.17, 15) is 14.7 Å². The molecule has 1 unspecified atom stereocenters. The van der Waals surface area contributed by atoms with Gasteiger partial charge in [0.25, 0.3) is 5.91 Å². The first-order valence-electron chi connectivity index (χ1n) is 19.5. The number of anilines is 1. The highest BCUT2D eigenvalue weighted by molar-refractivity contribution is 6.02. The number of fused-ring (bicyclic) bond motifs is 2. The molecule has 2 N–H and O–H groups in total. The number of hydrogen-bond donors (Lipinski definition) is 2. The molecule has 0 radical (unpaired) electrons. The summed E-state index contributed by atoms with van der Waals surface area (Å²) in [6.45, 7) is 8.76. The molecule has 9 heteroatoms. The highest BCUT2D eigenvalue weighted by Gasteiger charge is 2.40. The van der Waals surface area contributed by atoms with Crippen LogP contribution in [0.4, 0.5) is 10.1 Å². The Morgan fingerprint density at radius 1 is 0.852 bits per heavy atom. The lowest BCUT2D eigenvalue weighted by molar-refractivity contribution is -0.126. The van der Waals surface area contributed by atoms with Gasteiger partial charge in [-0.2, -0.15) is 0 Å². The first-order chi connectivity index (χ1) is 26.3. The van der Waals surface area contributed by atoms with E-state index < -0.39 is 6.04 Å². The van der Waals surface area contributed by atoms with Crippen molar-refractivity contribution in [2.75, 3.05) is 44.2 Å². The highest BCUT2D eigenvalue weighted by atomic mass is 19.1. The van der Waals surface area contributed by atoms with E-state index in [-0.39, 0.29) is 30.1 Å². The number of phenols is 1. The number of ether oxygens (including phenoxy) is 1. The van der Waals surface area contributed by atoms with Gasteiger partial charge in [0.05, 0.1) is 18.8 Å². The van der Waals surface area contributed by atoms with Crippen LogP contribution in [-0.4, -0.2) is 72.1 Å². The number of halogens is 1. The van der Waals surface area contributed by atoms with Crippen LogP contribution in [0, 0.1) is 5.82 Å². The summed E-state index contributed by atoms with van der Waals surface area (Å²) in [5.74, 6) is 0.932. The number of unbranched alkanes of at least 4 members (excludes halogenated alkanes) is 2. The van der Waals surface area contributed by atoms with Gasteiger partial charge in [-0.15, -0.1) is 0 Å². The lowest BCUT2D eigenvalue weighted by Crippen LogP contribution is -2.49. The smallest absolute Gasteiger partial charge is 0.255 e. The number of amides is 2. The fourth-order valence-electron chi connectivity index (χ4n) is 8.98. The second-order valence-electron chi connectivity index (χ2n) is 15.2. The molecular weight excluding hydrogens is 680 g/mol. The molecule has 0 bridgehead atoms. The number of piperidine rings is 1. The van der Waals surface area contributed by atoms with Crippen LogP contribution in [-0.2, 0) is 17.8 Å². The van der Waals surface area contributed by atoms with Crippen molar-refractivity contribution in [3.05, 3.63) is 136 Å². The molecule has 4 aliphatic rings. The van der Waals surface area contributed by atoms with Gasteiger partial charge in [-0.1, -0.05) is 55.1 Å². The maximum Gasteiger partial charge on any atom is 0.255 e. The number of piperazine rings is 1. The number of carbonyl (C=O) groups is 2. The Kier molecular flexibility index (Phi) is 10.4. The van der Waals surface area contributed by atoms with E-state index in [0.29, 0.717) is 53.6 Å². The number of phenolic OH excluding ortho intramolecular Hbond substituents is 1. The van der Waals surface area contributed by atoms with Gasteiger partial charge in [0.2, 0.25) is 5.91 Å². The predicted octanol–water partition coefficient (Wildman–Crippen LogP) is 7.51. The minimum atomic E-state index is -0.600. The SMILES string of the molecule is C=C1CCC(N2Cc3c(ccc(N4CCN(CCCCCOc5ccc([C@@H]6c7ccc(O)cc7CC[C@@H]6c6ccccc6)cc5)CC4)c3F)C2=O)C(=O)N1. The second-order valence-corrected chi connectivity index (χ2v) is 15.2. The van der Waals surface area contributed by atoms with Crippen LogP contribution in [0.5, 0.6) is 11.5 Å². The first-order valence-corrected chi connectivity index (χ1v) is 19.5. The molecule has 54 heavy (non-hydrogen) atoms. The van der Waals surface area contributed by atoms with Gasteiger partial charge in [0.15, 0.2) is 5.82 Å². The van der Waals surface area contributed by atoms with Crippen molar-refractivity contribution in [2.24, 2.45) is 0 Å². The minimum absolute atomic E-state index is 0.116. The third-order valence-electron chi connectivity index (χ3n) is 11.9. The quantitative estimate of drug-likeness (QED) is 0.156. The Morgan fingerprint density at radius 3 is 2.43 bits per heavy atom. The van der Waals surface area contributed by atoms with E-state index in [4.69, 9.17) is 4.74 Å². The summed E-state index contributed by atoms with van der Waals surface area (Å²) in [5, 5.41) is 12.9. The zero-order valence-electron chi connectivity index (χ0n) is 30.8. The Morgan fingerprint density at radius 2 is 1.65 bits per heavy atom. The minimum Gasteiger partial charge on any atom is -0.508 e. The van der Waals surface area contributed by atoms with Crippen molar-refractivity contribution >= 4 is 17.5 Å². The van der Waals surface area contributed by atoms with E-state index in [2.05, 4.69) is 82.4 Å². The third kappa shape index (κ3) is 7.34. The Bertz CT molecular complexity index is 2010. The summed E-state index contributed by atoms with van der Waals surface area (Å²) in [5.41, 5.74) is 7.08. The largest absolute Gasteiger partial charge is 0.508 e. The van der Waals surface area contributed by atoms with Crippen molar-refractivity contribution in [2.45, 2.75) is 69.4 Å². The van der Waals surface area contributed by atoms with Gasteiger partial charge >= 0.3 is 0 Å². The summed E-state index contributed by atoms with van der Waals surface area (Å²) in [6.07, 6.45) is 6.23. The molecule has 3 aliphatic heterocycles. The number of rotatable bonds is 11. The van der Waals surface area contributed by atoms with E-state index in [1.165, 1.54) is 27.2 Å². The zero-order valence-corrected chi connectivity index (χ0v) is 30.8. The molecule has 280 valence electrons. The van der Waals surface area contributed by atoms with Gasteiger partial charge in [0, 0.05) is 48.9 Å². The first kappa shape index (κ1) is 35.9. The molecule has 8 rings (SSSR count). The van der Waals surface area contributed by atoms with Gasteiger partial charge < -0.3 is 25.0 Å². The van der Waals surface area contributed by atoms with Crippen LogP contribution in [0.25, 0.3) is 0 Å². The number of allylic oxidation sites excluding steroid dienone is 1. The molecular formula is C45H49FN4O4. The third-order valence-corrected chi connectivity index (χ3v) is 11.9. The molecule has 3 atom stereocenters.